The molecule has 5 rings (SSSR count). The van der Waals surface area contributed by atoms with Gasteiger partial charge in [-0.05, 0) is 128 Å². The zero-order valence-corrected chi connectivity index (χ0v) is 29.8. The number of hydrogen-bond acceptors (Lipinski definition) is 3. The summed E-state index contributed by atoms with van der Waals surface area (Å²) in [4.78, 5) is 32.9. The van der Waals surface area contributed by atoms with E-state index in [1.807, 2.05) is 6.07 Å². The van der Waals surface area contributed by atoms with Crippen molar-refractivity contribution in [3.8, 4) is 22.3 Å². The van der Waals surface area contributed by atoms with Crippen molar-refractivity contribution in [3.63, 3.8) is 0 Å². The highest BCUT2D eigenvalue weighted by Gasteiger charge is 2.39. The lowest BCUT2D eigenvalue weighted by Gasteiger charge is -2.24. The molecule has 0 aliphatic heterocycles. The van der Waals surface area contributed by atoms with Gasteiger partial charge in [0.25, 0.3) is 0 Å². The molecule has 0 fully saturated rings. The molecule has 5 aromatic rings. The normalized spacial score (nSPS) is 14.8. The fourth-order valence-electron chi connectivity index (χ4n) is 6.75. The first-order chi connectivity index (χ1) is 21.9. The molecule has 0 bridgehead atoms. The number of benzene rings is 5. The van der Waals surface area contributed by atoms with Gasteiger partial charge in [0.2, 0.25) is 0 Å². The van der Waals surface area contributed by atoms with Gasteiger partial charge in [0.1, 0.15) is 0 Å². The molecule has 0 radical (unpaired) electrons. The third-order valence-electron chi connectivity index (χ3n) is 10.6. The maximum absolute atomic E-state index is 11.0. The van der Waals surface area contributed by atoms with Crippen molar-refractivity contribution in [3.05, 3.63) is 101 Å². The van der Waals surface area contributed by atoms with E-state index < -0.39 is 7.94 Å². The molecule has 5 aromatic carbocycles. The van der Waals surface area contributed by atoms with Crippen LogP contribution in [0.1, 0.15) is 127 Å². The second kappa shape index (κ2) is 14.0. The molecule has 3 nitrogen and oxygen atoms in total. The fraction of sp³-hybridized carbons (Fsp3) is 0.381. The summed E-state index contributed by atoms with van der Waals surface area (Å²) >= 11 is 0. The zero-order chi connectivity index (χ0) is 33.3. The minimum atomic E-state index is -4.38. The van der Waals surface area contributed by atoms with Gasteiger partial charge in [-0.25, -0.2) is 0 Å². The number of hydrogen-bond donors (Lipinski definition) is 3. The van der Waals surface area contributed by atoms with Crippen LogP contribution in [0.5, 0.6) is 0 Å². The van der Waals surface area contributed by atoms with E-state index in [-0.39, 0.29) is 17.1 Å². The van der Waals surface area contributed by atoms with Crippen LogP contribution in [-0.2, 0) is 0 Å². The first-order valence-corrected chi connectivity index (χ1v) is 18.9. The van der Waals surface area contributed by atoms with Gasteiger partial charge in [0.15, 0.2) is 5.30 Å². The van der Waals surface area contributed by atoms with Gasteiger partial charge in [-0.3, -0.25) is 0 Å². The van der Waals surface area contributed by atoms with Crippen LogP contribution in [0.25, 0.3) is 43.8 Å². The first kappa shape index (κ1) is 34.3. The zero-order valence-electron chi connectivity index (χ0n) is 28.9. The van der Waals surface area contributed by atoms with Crippen LogP contribution in [-0.4, -0.2) is 14.7 Å². The molecule has 0 heterocycles. The van der Waals surface area contributed by atoms with Crippen LogP contribution in [0, 0.1) is 0 Å². The Morgan fingerprint density at radius 2 is 0.935 bits per heavy atom. The van der Waals surface area contributed by atoms with Crippen molar-refractivity contribution in [1.29, 1.82) is 0 Å². The summed E-state index contributed by atoms with van der Waals surface area (Å²) in [6.07, 6.45) is 4.08. The highest BCUT2D eigenvalue weighted by Crippen LogP contribution is 2.51. The average molecular weight is 636 g/mol. The van der Waals surface area contributed by atoms with E-state index in [4.69, 9.17) is 0 Å². The summed E-state index contributed by atoms with van der Waals surface area (Å²) in [6.45, 7) is 17.9. The van der Waals surface area contributed by atoms with Gasteiger partial charge in [0, 0.05) is 5.56 Å². The fourth-order valence-corrected chi connectivity index (χ4v) is 7.58. The first-order valence-electron chi connectivity index (χ1n) is 17.3. The Bertz CT molecular complexity index is 1850. The lowest BCUT2D eigenvalue weighted by Crippen LogP contribution is -2.15. The van der Waals surface area contributed by atoms with Crippen LogP contribution in [0.2, 0.25) is 0 Å². The molecule has 0 amide bonds. The minimum Gasteiger partial charge on any atom is -0.189 e. The van der Waals surface area contributed by atoms with Crippen molar-refractivity contribution in [2.24, 2.45) is 0 Å². The van der Waals surface area contributed by atoms with Gasteiger partial charge in [-0.2, -0.15) is 14.7 Å². The van der Waals surface area contributed by atoms with Gasteiger partial charge in [0.05, 0.1) is 0 Å². The van der Waals surface area contributed by atoms with Gasteiger partial charge in [-0.15, -0.1) is 0 Å². The highest BCUT2D eigenvalue weighted by atomic mass is 31.2. The van der Waals surface area contributed by atoms with E-state index in [0.29, 0.717) is 17.4 Å². The molecule has 0 aliphatic rings. The largest absolute Gasteiger partial charge is 0.441 e. The van der Waals surface area contributed by atoms with Crippen LogP contribution < -0.4 is 5.30 Å². The molecule has 0 saturated carbocycles. The second-order valence-electron chi connectivity index (χ2n) is 13.6. The molecule has 4 atom stereocenters. The third kappa shape index (κ3) is 6.67. The van der Waals surface area contributed by atoms with E-state index in [9.17, 15) is 14.7 Å². The molecule has 46 heavy (non-hydrogen) atoms. The van der Waals surface area contributed by atoms with Gasteiger partial charge >= 0.3 is 7.94 Å². The van der Waals surface area contributed by atoms with Crippen molar-refractivity contribution < 1.29 is 14.7 Å². The van der Waals surface area contributed by atoms with Crippen LogP contribution in [0.15, 0.2) is 78.9 Å². The van der Waals surface area contributed by atoms with E-state index >= 15 is 0 Å². The monoisotopic (exact) mass is 635 g/mol. The summed E-state index contributed by atoms with van der Waals surface area (Å²) < 4.78 is 0. The Morgan fingerprint density at radius 1 is 0.478 bits per heavy atom. The predicted molar refractivity (Wildman–Crippen MR) is 200 cm³/mol. The van der Waals surface area contributed by atoms with Gasteiger partial charge < -0.3 is 0 Å². The molecular weight excluding hydrogens is 583 g/mol. The second-order valence-corrected chi connectivity index (χ2v) is 15.2. The summed E-state index contributed by atoms with van der Waals surface area (Å²) in [7, 11) is -4.38. The summed E-state index contributed by atoms with van der Waals surface area (Å²) in [5.74, 6) is 1.47. The molecule has 242 valence electrons. The Hall–Kier alpha value is -3.07. The maximum atomic E-state index is 11.0. The van der Waals surface area contributed by atoms with Crippen LogP contribution in [0.3, 0.4) is 0 Å². The minimum absolute atomic E-state index is 0.201. The molecule has 0 aliphatic carbocycles. The maximum Gasteiger partial charge on any atom is 0.441 e. The lowest BCUT2D eigenvalue weighted by molar-refractivity contribution is 0.347. The third-order valence-corrected chi connectivity index (χ3v) is 11.7. The molecular formula is C42H52O3P+. The molecule has 0 aromatic heterocycles. The Labute approximate surface area is 276 Å². The molecule has 4 unspecified atom stereocenters. The summed E-state index contributed by atoms with van der Waals surface area (Å²) in [5.41, 5.74) is 8.73. The smallest absolute Gasteiger partial charge is 0.189 e. The number of fused-ring (bicyclic) bond motifs is 2. The van der Waals surface area contributed by atoms with Crippen molar-refractivity contribution in [1.82, 2.24) is 0 Å². The Kier molecular flexibility index (Phi) is 10.4. The van der Waals surface area contributed by atoms with Crippen molar-refractivity contribution in [2.45, 2.75) is 105 Å². The Balaban J connectivity index is 1.87. The topological polar surface area (TPSA) is 60.7 Å². The standard InChI is InChI=1S/C42H52O3P/c1-9-26(5)30-16-18-32-22-39(37(28(7)11-3)24-34(32)20-30)36-14-13-15-41(46(43,44)45)42(36)40-23-33-19-17-31(27(6)10-2)21-35(33)25-38(40)29(8)12-4/h13-29,43-45H,9-12H2,1-8H3/q+1. The lowest BCUT2D eigenvalue weighted by atomic mass is 9.81. The van der Waals surface area contributed by atoms with Crippen molar-refractivity contribution in [2.75, 3.05) is 0 Å². The quantitative estimate of drug-likeness (QED) is 0.127. The van der Waals surface area contributed by atoms with Crippen molar-refractivity contribution >= 4 is 34.8 Å². The number of rotatable bonds is 11. The summed E-state index contributed by atoms with van der Waals surface area (Å²) in [5, 5.41) is 4.88. The summed E-state index contributed by atoms with van der Waals surface area (Å²) in [6, 6.07) is 28.3. The highest BCUT2D eigenvalue weighted by molar-refractivity contribution is 7.67. The van der Waals surface area contributed by atoms with Crippen LogP contribution >= 0.6 is 7.94 Å². The van der Waals surface area contributed by atoms with Gasteiger partial charge in [-0.1, -0.05) is 116 Å². The van der Waals surface area contributed by atoms with Crippen LogP contribution in [0.4, 0.5) is 0 Å². The predicted octanol–water partition coefficient (Wildman–Crippen LogP) is 11.7. The van der Waals surface area contributed by atoms with E-state index in [2.05, 4.69) is 122 Å². The molecule has 4 heteroatoms. The SMILES string of the molecule is CCC(C)c1ccc2cc(-c3cccc([P+](O)(O)O)c3-c3cc4ccc(C(C)CC)cc4cc3C(C)CC)c(C(C)CC)cc2c1. The molecule has 0 saturated heterocycles. The molecule has 0 spiro atoms. The van der Waals surface area contributed by atoms with E-state index in [1.165, 1.54) is 27.5 Å². The van der Waals surface area contributed by atoms with E-state index in [0.717, 1.165) is 58.7 Å². The molecule has 3 N–H and O–H groups in total. The van der Waals surface area contributed by atoms with E-state index in [1.54, 1.807) is 6.07 Å². The Morgan fingerprint density at radius 3 is 1.39 bits per heavy atom. The average Bonchev–Trinajstić information content (AvgIpc) is 3.07.